The lowest BCUT2D eigenvalue weighted by atomic mass is 9.71. The average molecular weight is 512 g/mol. The van der Waals surface area contributed by atoms with Gasteiger partial charge in [0.2, 0.25) is 0 Å². The van der Waals surface area contributed by atoms with E-state index in [1.807, 2.05) is 49.4 Å². The number of nitrogens with one attached hydrogen (secondary N) is 1. The van der Waals surface area contributed by atoms with Gasteiger partial charge in [0.1, 0.15) is 12.4 Å². The van der Waals surface area contributed by atoms with Crippen LogP contribution in [0.3, 0.4) is 0 Å². The van der Waals surface area contributed by atoms with Gasteiger partial charge in [-0.3, -0.25) is 4.79 Å². The van der Waals surface area contributed by atoms with Crippen molar-refractivity contribution in [2.75, 3.05) is 25.2 Å². The van der Waals surface area contributed by atoms with Crippen molar-refractivity contribution in [2.24, 2.45) is 0 Å². The molecule has 0 bridgehead atoms. The van der Waals surface area contributed by atoms with Gasteiger partial charge in [-0.05, 0) is 48.4 Å². The Labute approximate surface area is 215 Å². The Morgan fingerprint density at radius 1 is 1.17 bits per heavy atom. The zero-order valence-corrected chi connectivity index (χ0v) is 21.8. The van der Waals surface area contributed by atoms with Crippen LogP contribution in [0.15, 0.2) is 71.1 Å². The zero-order chi connectivity index (χ0) is 24.9. The molecule has 1 heterocycles. The van der Waals surface area contributed by atoms with Gasteiger partial charge in [-0.1, -0.05) is 48.9 Å². The highest BCUT2D eigenvalue weighted by Gasteiger charge is 2.41. The van der Waals surface area contributed by atoms with Crippen LogP contribution in [0.2, 0.25) is 5.02 Å². The lowest BCUT2D eigenvalue weighted by molar-refractivity contribution is -0.138. The minimum Gasteiger partial charge on any atom is -0.496 e. The van der Waals surface area contributed by atoms with Gasteiger partial charge in [-0.25, -0.2) is 4.79 Å². The first kappa shape index (κ1) is 25.4. The van der Waals surface area contributed by atoms with E-state index in [1.54, 1.807) is 24.9 Å². The fourth-order valence-electron chi connectivity index (χ4n) is 4.97. The standard InChI is InChI=1S/C28H30ClNO4S/c1-4-35-13-12-34-28(32)25-17(2)30-22-15-19(21-10-5-6-11-24(21)33-3)16-23(31)27(22)26(25)18-8-7-9-20(29)14-18/h5-11,14,19,26,30H,4,12-13,15-16H2,1-3H3/t19-,26-/m0/s1. The SMILES string of the molecule is CCSCCOC(=O)C1=C(C)NC2=C(C(=O)C[C@@H](c3ccccc3OC)C2)[C@H]1c1cccc(Cl)c1. The number of rotatable bonds is 8. The maximum atomic E-state index is 13.7. The first-order valence-corrected chi connectivity index (χ1v) is 13.3. The monoisotopic (exact) mass is 511 g/mol. The molecule has 0 radical (unpaired) electrons. The van der Waals surface area contributed by atoms with Gasteiger partial charge >= 0.3 is 5.97 Å². The van der Waals surface area contributed by atoms with Gasteiger partial charge in [0.05, 0.1) is 12.7 Å². The Kier molecular flexibility index (Phi) is 8.24. The number of ketones is 1. The van der Waals surface area contributed by atoms with Crippen LogP contribution in [-0.2, 0) is 14.3 Å². The fraction of sp³-hybridized carbons (Fsp3) is 0.357. The van der Waals surface area contributed by atoms with E-state index in [2.05, 4.69) is 12.2 Å². The lowest BCUT2D eigenvalue weighted by Crippen LogP contribution is -2.36. The minimum absolute atomic E-state index is 0.0129. The maximum absolute atomic E-state index is 13.7. The Bertz CT molecular complexity index is 1190. The predicted molar refractivity (Wildman–Crippen MR) is 141 cm³/mol. The number of hydrogen-bond acceptors (Lipinski definition) is 6. The molecule has 4 rings (SSSR count). The number of Topliss-reactive ketones (excluding diaryl/α,β-unsaturated/α-hetero) is 1. The molecule has 0 unspecified atom stereocenters. The number of hydrogen-bond donors (Lipinski definition) is 1. The van der Waals surface area contributed by atoms with Gasteiger partial charge in [0.15, 0.2) is 5.78 Å². The number of methoxy groups -OCH3 is 1. The highest BCUT2D eigenvalue weighted by atomic mass is 35.5. The molecule has 2 aromatic carbocycles. The van der Waals surface area contributed by atoms with E-state index in [0.29, 0.717) is 41.3 Å². The lowest BCUT2D eigenvalue weighted by Gasteiger charge is -2.37. The summed E-state index contributed by atoms with van der Waals surface area (Å²) >= 11 is 8.05. The summed E-state index contributed by atoms with van der Waals surface area (Å²) in [5.74, 6) is 1.54. The van der Waals surface area contributed by atoms with Crippen molar-refractivity contribution in [3.63, 3.8) is 0 Å². The minimum atomic E-state index is -0.526. The van der Waals surface area contributed by atoms with Crippen molar-refractivity contribution in [2.45, 2.75) is 38.5 Å². The molecule has 2 aliphatic rings. The smallest absolute Gasteiger partial charge is 0.336 e. The first-order chi connectivity index (χ1) is 16.9. The molecule has 2 aromatic rings. The summed E-state index contributed by atoms with van der Waals surface area (Å²) in [7, 11) is 1.64. The second-order valence-electron chi connectivity index (χ2n) is 8.65. The summed E-state index contributed by atoms with van der Waals surface area (Å²) in [6, 6.07) is 15.2. The molecule has 0 amide bonds. The van der Waals surface area contributed by atoms with Crippen molar-refractivity contribution in [1.82, 2.24) is 5.32 Å². The molecule has 184 valence electrons. The number of benzene rings is 2. The molecule has 35 heavy (non-hydrogen) atoms. The van der Waals surface area contributed by atoms with E-state index in [1.165, 1.54) is 0 Å². The van der Waals surface area contributed by atoms with Gasteiger partial charge in [0, 0.05) is 46.0 Å². The number of esters is 1. The number of halogens is 1. The van der Waals surface area contributed by atoms with Crippen LogP contribution in [0.5, 0.6) is 5.75 Å². The number of carbonyl (C=O) groups excluding carboxylic acids is 2. The topological polar surface area (TPSA) is 64.6 Å². The van der Waals surface area contributed by atoms with Crippen LogP contribution >= 0.6 is 23.4 Å². The third-order valence-corrected chi connectivity index (χ3v) is 7.57. The number of carbonyl (C=O) groups is 2. The number of para-hydroxylation sites is 1. The van der Waals surface area contributed by atoms with Crippen LogP contribution in [0.25, 0.3) is 0 Å². The summed E-state index contributed by atoms with van der Waals surface area (Å²) in [5.41, 5.74) is 4.46. The van der Waals surface area contributed by atoms with E-state index in [9.17, 15) is 9.59 Å². The Hall–Kier alpha value is -2.70. The quantitative estimate of drug-likeness (QED) is 0.346. The number of allylic oxidation sites excluding steroid dienone is 3. The van der Waals surface area contributed by atoms with E-state index >= 15 is 0 Å². The summed E-state index contributed by atoms with van der Waals surface area (Å²) in [5, 5.41) is 3.95. The van der Waals surface area contributed by atoms with Crippen molar-refractivity contribution >= 4 is 35.1 Å². The van der Waals surface area contributed by atoms with Crippen molar-refractivity contribution < 1.29 is 19.1 Å². The zero-order valence-electron chi connectivity index (χ0n) is 20.2. The average Bonchev–Trinajstić information content (AvgIpc) is 2.85. The number of thioether (sulfide) groups is 1. The summed E-state index contributed by atoms with van der Waals surface area (Å²) < 4.78 is 11.2. The maximum Gasteiger partial charge on any atom is 0.336 e. The summed E-state index contributed by atoms with van der Waals surface area (Å²) in [6.45, 7) is 4.27. The largest absolute Gasteiger partial charge is 0.496 e. The third-order valence-electron chi connectivity index (χ3n) is 6.47. The van der Waals surface area contributed by atoms with Crippen LogP contribution in [0, 0.1) is 0 Å². The second kappa shape index (κ2) is 11.4. The molecular formula is C28H30ClNO4S. The Morgan fingerprint density at radius 3 is 2.71 bits per heavy atom. The van der Waals surface area contributed by atoms with Crippen molar-refractivity contribution in [1.29, 1.82) is 0 Å². The molecule has 0 saturated carbocycles. The Morgan fingerprint density at radius 2 is 1.97 bits per heavy atom. The molecule has 1 N–H and O–H groups in total. The van der Waals surface area contributed by atoms with Gasteiger partial charge in [-0.15, -0.1) is 0 Å². The molecule has 0 spiro atoms. The van der Waals surface area contributed by atoms with Gasteiger partial charge in [-0.2, -0.15) is 11.8 Å². The highest BCUT2D eigenvalue weighted by Crippen LogP contribution is 2.47. The van der Waals surface area contributed by atoms with E-state index in [0.717, 1.165) is 34.1 Å². The van der Waals surface area contributed by atoms with Crippen molar-refractivity contribution in [3.05, 3.63) is 87.2 Å². The molecule has 2 atom stereocenters. The number of dihydropyridines is 1. The van der Waals surface area contributed by atoms with E-state index in [-0.39, 0.29) is 11.7 Å². The fourth-order valence-corrected chi connectivity index (χ4v) is 5.66. The van der Waals surface area contributed by atoms with Crippen LogP contribution in [-0.4, -0.2) is 37.0 Å². The van der Waals surface area contributed by atoms with E-state index < -0.39 is 11.9 Å². The molecule has 0 saturated heterocycles. The summed E-state index contributed by atoms with van der Waals surface area (Å²) in [6.07, 6.45) is 0.984. The Balaban J connectivity index is 1.73. The predicted octanol–water partition coefficient (Wildman–Crippen LogP) is 6.01. The van der Waals surface area contributed by atoms with Gasteiger partial charge in [0.25, 0.3) is 0 Å². The van der Waals surface area contributed by atoms with Crippen LogP contribution < -0.4 is 10.1 Å². The first-order valence-electron chi connectivity index (χ1n) is 11.8. The third kappa shape index (κ3) is 5.44. The molecule has 1 aliphatic carbocycles. The molecule has 1 aliphatic heterocycles. The highest BCUT2D eigenvalue weighted by molar-refractivity contribution is 7.99. The molecular weight excluding hydrogens is 482 g/mol. The summed E-state index contributed by atoms with van der Waals surface area (Å²) in [4.78, 5) is 27.0. The van der Waals surface area contributed by atoms with Crippen LogP contribution in [0.4, 0.5) is 0 Å². The van der Waals surface area contributed by atoms with E-state index in [4.69, 9.17) is 21.1 Å². The number of ether oxygens (including phenoxy) is 2. The molecule has 0 aromatic heterocycles. The normalized spacial score (nSPS) is 19.8. The van der Waals surface area contributed by atoms with Crippen LogP contribution in [0.1, 0.15) is 49.7 Å². The van der Waals surface area contributed by atoms with Crippen molar-refractivity contribution in [3.8, 4) is 5.75 Å². The van der Waals surface area contributed by atoms with Gasteiger partial charge < -0.3 is 14.8 Å². The molecule has 7 heteroatoms. The molecule has 0 fully saturated rings. The second-order valence-corrected chi connectivity index (χ2v) is 10.5. The molecule has 5 nitrogen and oxygen atoms in total.